The van der Waals surface area contributed by atoms with E-state index in [2.05, 4.69) is 5.32 Å². The third-order valence-electron chi connectivity index (χ3n) is 2.18. The van der Waals surface area contributed by atoms with Crippen LogP contribution in [-0.4, -0.2) is 38.1 Å². The van der Waals surface area contributed by atoms with Gasteiger partial charge in [-0.3, -0.25) is 9.59 Å². The number of hydrogen-bond acceptors (Lipinski definition) is 4. The van der Waals surface area contributed by atoms with Gasteiger partial charge in [0.1, 0.15) is 0 Å². The Kier molecular flexibility index (Phi) is 8.46. The Labute approximate surface area is 95.7 Å². The quantitative estimate of drug-likeness (QED) is 0.448. The molecule has 0 saturated carbocycles. The summed E-state index contributed by atoms with van der Waals surface area (Å²) in [4.78, 5) is 21.8. The number of carbonyl (C=O) groups excluding carboxylic acids is 2. The molecule has 5 N–H and O–H groups in total. The van der Waals surface area contributed by atoms with Crippen molar-refractivity contribution < 1.29 is 14.3 Å². The average Bonchev–Trinajstić information content (AvgIpc) is 2.25. The second kappa shape index (κ2) is 9.11. The van der Waals surface area contributed by atoms with E-state index in [0.29, 0.717) is 25.9 Å². The van der Waals surface area contributed by atoms with Gasteiger partial charge < -0.3 is 21.5 Å². The molecule has 1 atom stereocenters. The van der Waals surface area contributed by atoms with E-state index in [4.69, 9.17) is 16.2 Å². The van der Waals surface area contributed by atoms with Gasteiger partial charge >= 0.3 is 0 Å². The summed E-state index contributed by atoms with van der Waals surface area (Å²) < 4.78 is 4.98. The van der Waals surface area contributed by atoms with Gasteiger partial charge in [-0.25, -0.2) is 0 Å². The summed E-state index contributed by atoms with van der Waals surface area (Å²) in [6.45, 7) is 0.874. The van der Waals surface area contributed by atoms with Crippen molar-refractivity contribution in [3.8, 4) is 0 Å². The van der Waals surface area contributed by atoms with Gasteiger partial charge in [0, 0.05) is 26.6 Å². The van der Waals surface area contributed by atoms with Crippen molar-refractivity contribution in [2.75, 3.05) is 20.2 Å². The molecule has 0 aliphatic carbocycles. The van der Waals surface area contributed by atoms with Crippen molar-refractivity contribution >= 4 is 11.8 Å². The Morgan fingerprint density at radius 1 is 1.38 bits per heavy atom. The van der Waals surface area contributed by atoms with E-state index in [1.54, 1.807) is 0 Å². The van der Waals surface area contributed by atoms with Crippen LogP contribution in [0.2, 0.25) is 0 Å². The second-order valence-corrected chi connectivity index (χ2v) is 3.57. The summed E-state index contributed by atoms with van der Waals surface area (Å²) in [5.74, 6) is -0.398. The molecule has 0 aromatic rings. The molecular formula is C10H21N3O3. The predicted octanol–water partition coefficient (Wildman–Crippen LogP) is -0.878. The Balaban J connectivity index is 3.46. The molecule has 0 radical (unpaired) electrons. The normalized spacial score (nSPS) is 12.1. The van der Waals surface area contributed by atoms with Crippen LogP contribution in [-0.2, 0) is 14.3 Å². The molecule has 94 valence electrons. The highest BCUT2D eigenvalue weighted by Crippen LogP contribution is 1.96. The van der Waals surface area contributed by atoms with Crippen molar-refractivity contribution in [1.82, 2.24) is 5.32 Å². The molecule has 0 aromatic heterocycles. The maximum absolute atomic E-state index is 11.3. The zero-order valence-corrected chi connectivity index (χ0v) is 9.70. The third-order valence-corrected chi connectivity index (χ3v) is 2.18. The van der Waals surface area contributed by atoms with Crippen LogP contribution < -0.4 is 16.8 Å². The first-order valence-electron chi connectivity index (χ1n) is 5.38. The average molecular weight is 231 g/mol. The van der Waals surface area contributed by atoms with Gasteiger partial charge in [0.2, 0.25) is 11.8 Å². The molecule has 0 spiro atoms. The number of nitrogens with two attached hydrogens (primary N) is 2. The zero-order chi connectivity index (χ0) is 12.4. The molecule has 0 rings (SSSR count). The molecule has 0 bridgehead atoms. The topological polar surface area (TPSA) is 107 Å². The van der Waals surface area contributed by atoms with Crippen LogP contribution in [0.5, 0.6) is 0 Å². The molecule has 0 aliphatic heterocycles. The summed E-state index contributed by atoms with van der Waals surface area (Å²) in [7, 11) is 1.53. The van der Waals surface area contributed by atoms with E-state index >= 15 is 0 Å². The number of unbranched alkanes of at least 4 members (excludes halogenated alkanes) is 1. The van der Waals surface area contributed by atoms with E-state index in [0.717, 1.165) is 6.42 Å². The lowest BCUT2D eigenvalue weighted by Gasteiger charge is -2.12. The fourth-order valence-corrected chi connectivity index (χ4v) is 1.19. The van der Waals surface area contributed by atoms with E-state index in [1.165, 1.54) is 7.11 Å². The molecule has 6 heteroatoms. The monoisotopic (exact) mass is 231 g/mol. The van der Waals surface area contributed by atoms with Crippen LogP contribution in [0.3, 0.4) is 0 Å². The van der Waals surface area contributed by atoms with Crippen molar-refractivity contribution in [2.24, 2.45) is 11.5 Å². The fraction of sp³-hybridized carbons (Fsp3) is 0.800. The van der Waals surface area contributed by atoms with Gasteiger partial charge in [0.05, 0.1) is 12.5 Å². The van der Waals surface area contributed by atoms with Gasteiger partial charge in [-0.1, -0.05) is 0 Å². The summed E-state index contributed by atoms with van der Waals surface area (Å²) in [5, 5.41) is 2.73. The first-order chi connectivity index (χ1) is 7.60. The molecule has 0 saturated heterocycles. The van der Waals surface area contributed by atoms with Gasteiger partial charge in [-0.2, -0.15) is 0 Å². The van der Waals surface area contributed by atoms with Gasteiger partial charge in [0.25, 0.3) is 0 Å². The number of amides is 2. The Bertz CT molecular complexity index is 217. The third kappa shape index (κ3) is 8.19. The molecular weight excluding hydrogens is 210 g/mol. The van der Waals surface area contributed by atoms with Gasteiger partial charge in [0.15, 0.2) is 0 Å². The largest absolute Gasteiger partial charge is 0.380 e. The molecule has 0 heterocycles. The maximum Gasteiger partial charge on any atom is 0.222 e. The minimum Gasteiger partial charge on any atom is -0.380 e. The number of rotatable bonds is 9. The summed E-state index contributed by atoms with van der Waals surface area (Å²) in [5.41, 5.74) is 10.4. The van der Waals surface area contributed by atoms with Crippen molar-refractivity contribution in [3.63, 3.8) is 0 Å². The van der Waals surface area contributed by atoms with Crippen LogP contribution in [0.1, 0.15) is 25.7 Å². The molecule has 0 fully saturated rings. The van der Waals surface area contributed by atoms with Gasteiger partial charge in [-0.15, -0.1) is 0 Å². The maximum atomic E-state index is 11.3. The minimum atomic E-state index is -0.311. The van der Waals surface area contributed by atoms with Crippen LogP contribution in [0.15, 0.2) is 0 Å². The summed E-state index contributed by atoms with van der Waals surface area (Å²) in [6, 6.07) is 0. The highest BCUT2D eigenvalue weighted by Gasteiger charge is 2.10. The van der Waals surface area contributed by atoms with Crippen molar-refractivity contribution in [3.05, 3.63) is 0 Å². The molecule has 16 heavy (non-hydrogen) atoms. The number of hydrogen-bond donors (Lipinski definition) is 3. The van der Waals surface area contributed by atoms with E-state index in [9.17, 15) is 9.59 Å². The van der Waals surface area contributed by atoms with Crippen LogP contribution in [0.25, 0.3) is 0 Å². The standard InChI is InChI=1S/C10H21N3O3/c1-16-8(7-11)6-10(15)13-5-3-2-4-9(12)14/h8H,2-7,11H2,1H3,(H2,12,14)(H,13,15). The SMILES string of the molecule is COC(CN)CC(=O)NCCCCC(N)=O. The lowest BCUT2D eigenvalue weighted by molar-refractivity contribution is -0.123. The number of methoxy groups -OCH3 is 1. The van der Waals surface area contributed by atoms with E-state index in [-0.39, 0.29) is 24.3 Å². The first-order valence-corrected chi connectivity index (χ1v) is 5.38. The fourth-order valence-electron chi connectivity index (χ4n) is 1.19. The summed E-state index contributed by atoms with van der Waals surface area (Å²) in [6.07, 6.45) is 1.84. The molecule has 0 aliphatic rings. The predicted molar refractivity (Wildman–Crippen MR) is 60.5 cm³/mol. The number of carbonyl (C=O) groups is 2. The minimum absolute atomic E-state index is 0.0867. The van der Waals surface area contributed by atoms with Crippen molar-refractivity contribution in [2.45, 2.75) is 31.8 Å². The van der Waals surface area contributed by atoms with Crippen LogP contribution >= 0.6 is 0 Å². The first kappa shape index (κ1) is 14.9. The molecule has 0 aromatic carbocycles. The van der Waals surface area contributed by atoms with E-state index < -0.39 is 0 Å². The Hall–Kier alpha value is -1.14. The number of nitrogens with one attached hydrogen (secondary N) is 1. The lowest BCUT2D eigenvalue weighted by atomic mass is 10.2. The second-order valence-electron chi connectivity index (χ2n) is 3.57. The molecule has 2 amide bonds. The highest BCUT2D eigenvalue weighted by molar-refractivity contribution is 5.76. The molecule has 6 nitrogen and oxygen atoms in total. The lowest BCUT2D eigenvalue weighted by Crippen LogP contribution is -2.32. The highest BCUT2D eigenvalue weighted by atomic mass is 16.5. The number of primary amides is 1. The Morgan fingerprint density at radius 2 is 2.06 bits per heavy atom. The smallest absolute Gasteiger partial charge is 0.222 e. The van der Waals surface area contributed by atoms with Crippen molar-refractivity contribution in [1.29, 1.82) is 0 Å². The zero-order valence-electron chi connectivity index (χ0n) is 9.70. The molecule has 1 unspecified atom stereocenters. The summed E-state index contributed by atoms with van der Waals surface area (Å²) >= 11 is 0. The van der Waals surface area contributed by atoms with Gasteiger partial charge in [-0.05, 0) is 12.8 Å². The Morgan fingerprint density at radius 3 is 2.56 bits per heavy atom. The van der Waals surface area contributed by atoms with E-state index in [1.807, 2.05) is 0 Å². The van der Waals surface area contributed by atoms with Crippen LogP contribution in [0, 0.1) is 0 Å². The number of ether oxygens (including phenoxy) is 1. The van der Waals surface area contributed by atoms with Crippen LogP contribution in [0.4, 0.5) is 0 Å².